The molecule has 0 atom stereocenters. The largest absolute Gasteiger partial charge is 0.496 e. The second kappa shape index (κ2) is 9.43. The number of carbonyl (C=O) groups is 1. The summed E-state index contributed by atoms with van der Waals surface area (Å²) in [5.41, 5.74) is 5.11. The van der Waals surface area contributed by atoms with E-state index >= 15 is 0 Å². The second-order valence-electron chi connectivity index (χ2n) is 7.34. The molecule has 0 aliphatic carbocycles. The maximum atomic E-state index is 12.6. The van der Waals surface area contributed by atoms with Crippen molar-refractivity contribution < 1.29 is 18.7 Å². The normalized spacial score (nSPS) is 11.4. The topological polar surface area (TPSA) is 60.7 Å². The van der Waals surface area contributed by atoms with Crippen molar-refractivity contribution >= 4 is 28.1 Å². The number of amides is 1. The minimum atomic E-state index is -0.218. The van der Waals surface area contributed by atoms with Crippen molar-refractivity contribution in [2.24, 2.45) is 0 Å². The first-order valence-electron chi connectivity index (χ1n) is 10.5. The Kier molecular flexibility index (Phi) is 6.26. The summed E-state index contributed by atoms with van der Waals surface area (Å²) in [7, 11) is 1.61. The standard InChI is InChI=1S/C27H25NO4/c1-4-31-21-12-10-20(11-13-21)28-27(29)14-18(2)22-15-23-24(19-8-6-5-7-9-19)17-32-26(23)16-25(22)30-3/h5-17H,4H2,1-3H3,(H,28,29)/b18-14+. The number of ether oxygens (including phenoxy) is 2. The zero-order chi connectivity index (χ0) is 22.5. The quantitative estimate of drug-likeness (QED) is 0.340. The van der Waals surface area contributed by atoms with E-state index in [1.807, 2.05) is 80.6 Å². The van der Waals surface area contributed by atoms with Crippen molar-refractivity contribution in [2.75, 3.05) is 19.0 Å². The first-order valence-corrected chi connectivity index (χ1v) is 10.5. The number of hydrogen-bond donors (Lipinski definition) is 1. The molecule has 1 aromatic heterocycles. The number of benzene rings is 3. The van der Waals surface area contributed by atoms with Gasteiger partial charge in [0.05, 0.1) is 20.0 Å². The van der Waals surface area contributed by atoms with Crippen LogP contribution in [0.25, 0.3) is 27.7 Å². The summed E-state index contributed by atoms with van der Waals surface area (Å²) in [5, 5.41) is 3.85. The maximum absolute atomic E-state index is 12.6. The fourth-order valence-corrected chi connectivity index (χ4v) is 3.63. The molecule has 32 heavy (non-hydrogen) atoms. The van der Waals surface area contributed by atoms with Gasteiger partial charge in [0.25, 0.3) is 0 Å². The van der Waals surface area contributed by atoms with Gasteiger partial charge >= 0.3 is 0 Å². The molecule has 5 nitrogen and oxygen atoms in total. The van der Waals surface area contributed by atoms with Crippen LogP contribution in [0, 0.1) is 0 Å². The van der Waals surface area contributed by atoms with Gasteiger partial charge in [-0.3, -0.25) is 4.79 Å². The number of methoxy groups -OCH3 is 1. The molecule has 3 aromatic carbocycles. The van der Waals surface area contributed by atoms with Gasteiger partial charge in [-0.2, -0.15) is 0 Å². The molecule has 0 bridgehead atoms. The molecule has 162 valence electrons. The Bertz CT molecular complexity index is 1250. The predicted molar refractivity (Wildman–Crippen MR) is 128 cm³/mol. The van der Waals surface area contributed by atoms with Gasteiger partial charge in [-0.25, -0.2) is 0 Å². The molecular formula is C27H25NO4. The van der Waals surface area contributed by atoms with Crippen LogP contribution in [0.5, 0.6) is 11.5 Å². The van der Waals surface area contributed by atoms with E-state index in [-0.39, 0.29) is 5.91 Å². The lowest BCUT2D eigenvalue weighted by atomic mass is 9.99. The zero-order valence-corrected chi connectivity index (χ0v) is 18.3. The van der Waals surface area contributed by atoms with Gasteiger partial charge in [0, 0.05) is 34.3 Å². The van der Waals surface area contributed by atoms with Crippen molar-refractivity contribution in [3.05, 3.63) is 84.6 Å². The number of nitrogens with one attached hydrogen (secondary N) is 1. The first kappa shape index (κ1) is 21.2. The summed E-state index contributed by atoms with van der Waals surface area (Å²) < 4.78 is 16.8. The molecule has 5 heteroatoms. The fraction of sp³-hybridized carbons (Fsp3) is 0.148. The van der Waals surface area contributed by atoms with E-state index in [9.17, 15) is 4.79 Å². The van der Waals surface area contributed by atoms with Crippen LogP contribution in [-0.2, 0) is 4.79 Å². The Labute approximate surface area is 187 Å². The van der Waals surface area contributed by atoms with Gasteiger partial charge in [-0.1, -0.05) is 30.3 Å². The number of furan rings is 1. The van der Waals surface area contributed by atoms with Crippen molar-refractivity contribution in [3.63, 3.8) is 0 Å². The van der Waals surface area contributed by atoms with Gasteiger partial charge in [0.15, 0.2) is 0 Å². The third-order valence-electron chi connectivity index (χ3n) is 5.19. The number of allylic oxidation sites excluding steroid dienone is 1. The summed E-state index contributed by atoms with van der Waals surface area (Å²) >= 11 is 0. The second-order valence-corrected chi connectivity index (χ2v) is 7.34. The van der Waals surface area contributed by atoms with Crippen LogP contribution in [0.15, 0.2) is 83.5 Å². The third kappa shape index (κ3) is 4.52. The van der Waals surface area contributed by atoms with E-state index in [0.717, 1.165) is 39.0 Å². The van der Waals surface area contributed by atoms with Crippen LogP contribution in [0.2, 0.25) is 0 Å². The summed E-state index contributed by atoms with van der Waals surface area (Å²) in [6, 6.07) is 21.2. The molecular weight excluding hydrogens is 402 g/mol. The molecule has 0 spiro atoms. The highest BCUT2D eigenvalue weighted by molar-refractivity contribution is 6.05. The number of anilines is 1. The van der Waals surface area contributed by atoms with Crippen molar-refractivity contribution in [1.82, 2.24) is 0 Å². The van der Waals surface area contributed by atoms with Crippen LogP contribution in [0.4, 0.5) is 5.69 Å². The predicted octanol–water partition coefficient (Wildman–Crippen LogP) is 6.55. The Balaban J connectivity index is 1.63. The number of carbonyl (C=O) groups excluding carboxylic acids is 1. The smallest absolute Gasteiger partial charge is 0.248 e. The summed E-state index contributed by atoms with van der Waals surface area (Å²) in [6.45, 7) is 4.42. The molecule has 4 rings (SSSR count). The third-order valence-corrected chi connectivity index (χ3v) is 5.19. The maximum Gasteiger partial charge on any atom is 0.248 e. The Hall–Kier alpha value is -3.99. The summed E-state index contributed by atoms with van der Waals surface area (Å²) in [5.74, 6) is 1.20. The van der Waals surface area contributed by atoms with Crippen molar-refractivity contribution in [3.8, 4) is 22.6 Å². The average Bonchev–Trinajstić information content (AvgIpc) is 3.23. The average molecular weight is 428 g/mol. The Morgan fingerprint density at radius 3 is 2.50 bits per heavy atom. The van der Waals surface area contributed by atoms with Gasteiger partial charge in [0.2, 0.25) is 5.91 Å². The van der Waals surface area contributed by atoms with E-state index in [0.29, 0.717) is 18.0 Å². The lowest BCUT2D eigenvalue weighted by molar-refractivity contribution is -0.111. The van der Waals surface area contributed by atoms with Gasteiger partial charge in [-0.15, -0.1) is 0 Å². The molecule has 0 saturated heterocycles. The van der Waals surface area contributed by atoms with Gasteiger partial charge in [-0.05, 0) is 55.3 Å². The minimum absolute atomic E-state index is 0.218. The fourth-order valence-electron chi connectivity index (χ4n) is 3.63. The van der Waals surface area contributed by atoms with Crippen LogP contribution in [0.1, 0.15) is 19.4 Å². The Morgan fingerprint density at radius 2 is 1.81 bits per heavy atom. The monoisotopic (exact) mass is 427 g/mol. The highest BCUT2D eigenvalue weighted by Gasteiger charge is 2.15. The Morgan fingerprint density at radius 1 is 1.06 bits per heavy atom. The SMILES string of the molecule is CCOc1ccc(NC(=O)/C=C(\C)c2cc3c(-c4ccccc4)coc3cc2OC)cc1. The van der Waals surface area contributed by atoms with E-state index in [4.69, 9.17) is 13.9 Å². The number of rotatable bonds is 7. The highest BCUT2D eigenvalue weighted by atomic mass is 16.5. The zero-order valence-electron chi connectivity index (χ0n) is 18.3. The van der Waals surface area contributed by atoms with E-state index < -0.39 is 0 Å². The van der Waals surface area contributed by atoms with Gasteiger partial charge in [0.1, 0.15) is 17.1 Å². The molecule has 1 heterocycles. The number of fused-ring (bicyclic) bond motifs is 1. The van der Waals surface area contributed by atoms with E-state index in [2.05, 4.69) is 5.32 Å². The van der Waals surface area contributed by atoms with E-state index in [1.54, 1.807) is 19.4 Å². The lowest BCUT2D eigenvalue weighted by Gasteiger charge is -2.10. The summed E-state index contributed by atoms with van der Waals surface area (Å²) in [6.07, 6.45) is 3.32. The van der Waals surface area contributed by atoms with Crippen LogP contribution in [0.3, 0.4) is 0 Å². The molecule has 1 N–H and O–H groups in total. The first-order chi connectivity index (χ1) is 15.6. The van der Waals surface area contributed by atoms with E-state index in [1.165, 1.54) is 0 Å². The minimum Gasteiger partial charge on any atom is -0.496 e. The van der Waals surface area contributed by atoms with Crippen molar-refractivity contribution in [1.29, 1.82) is 0 Å². The number of hydrogen-bond acceptors (Lipinski definition) is 4. The molecule has 1 amide bonds. The van der Waals surface area contributed by atoms with Crippen molar-refractivity contribution in [2.45, 2.75) is 13.8 Å². The van der Waals surface area contributed by atoms with Crippen LogP contribution < -0.4 is 14.8 Å². The molecule has 0 radical (unpaired) electrons. The molecule has 4 aromatic rings. The molecule has 0 aliphatic heterocycles. The van der Waals surface area contributed by atoms with Gasteiger partial charge < -0.3 is 19.2 Å². The highest BCUT2D eigenvalue weighted by Crippen LogP contribution is 2.37. The molecule has 0 aliphatic rings. The molecule has 0 unspecified atom stereocenters. The van der Waals surface area contributed by atoms with Crippen LogP contribution >= 0.6 is 0 Å². The lowest BCUT2D eigenvalue weighted by Crippen LogP contribution is -2.08. The molecule has 0 fully saturated rings. The molecule has 0 saturated carbocycles. The van der Waals surface area contributed by atoms with Crippen LogP contribution in [-0.4, -0.2) is 19.6 Å². The summed E-state index contributed by atoms with van der Waals surface area (Å²) in [4.78, 5) is 12.6.